The van der Waals surface area contributed by atoms with Crippen molar-refractivity contribution in [1.82, 2.24) is 15.4 Å². The minimum Gasteiger partial charge on any atom is -0.445 e. The van der Waals surface area contributed by atoms with Crippen LogP contribution in [-0.4, -0.2) is 26.4 Å². The second-order valence-electron chi connectivity index (χ2n) is 4.36. The Bertz CT molecular complexity index is 770. The summed E-state index contributed by atoms with van der Waals surface area (Å²) in [6, 6.07) is 13.4. The smallest absolute Gasteiger partial charge is 0.404 e. The number of amides is 1. The molecule has 0 aliphatic heterocycles. The lowest BCUT2D eigenvalue weighted by Gasteiger charge is -2.00. The number of nitrogens with two attached hydrogens (primary N) is 1. The lowest BCUT2D eigenvalue weighted by Crippen LogP contribution is -2.12. The summed E-state index contributed by atoms with van der Waals surface area (Å²) in [6.45, 7) is 0.0212. The first-order chi connectivity index (χ1) is 11.1. The highest BCUT2D eigenvalue weighted by Crippen LogP contribution is 2.12. The number of aromatic amines is 1. The van der Waals surface area contributed by atoms with Gasteiger partial charge in [-0.1, -0.05) is 17.3 Å². The van der Waals surface area contributed by atoms with E-state index in [1.807, 2.05) is 24.3 Å². The summed E-state index contributed by atoms with van der Waals surface area (Å²) in [5, 5.41) is 20.5. The molecule has 1 amide bonds. The molecule has 0 bridgehead atoms. The highest BCUT2D eigenvalue weighted by molar-refractivity contribution is 5.72. The third kappa shape index (κ3) is 4.77. The fraction of sp³-hybridized carbons (Fsp3) is 0.0714. The standard InChI is InChI=1S/C8H8N2O4.C6H5N3/c9-8(11)14-5-6-1-3-7(4-2-6)10(12)13;1-2-4-6-5(3-1)7-9-8-6/h1-4H,5H2,(H2,9,11);1-4H,(H,7,8,9). The van der Waals surface area contributed by atoms with Crippen molar-refractivity contribution in [1.29, 1.82) is 0 Å². The third-order valence-corrected chi connectivity index (χ3v) is 2.76. The zero-order valence-corrected chi connectivity index (χ0v) is 11.9. The van der Waals surface area contributed by atoms with Gasteiger partial charge in [-0.05, 0) is 29.8 Å². The molecule has 0 spiro atoms. The van der Waals surface area contributed by atoms with E-state index in [9.17, 15) is 14.9 Å². The molecule has 0 radical (unpaired) electrons. The van der Waals surface area contributed by atoms with Crippen molar-refractivity contribution in [3.63, 3.8) is 0 Å². The maximum Gasteiger partial charge on any atom is 0.404 e. The maximum absolute atomic E-state index is 10.3. The van der Waals surface area contributed by atoms with Crippen LogP contribution >= 0.6 is 0 Å². The molecule has 0 aliphatic rings. The van der Waals surface area contributed by atoms with Crippen molar-refractivity contribution in [2.75, 3.05) is 0 Å². The van der Waals surface area contributed by atoms with E-state index in [0.717, 1.165) is 11.0 Å². The van der Waals surface area contributed by atoms with Gasteiger partial charge < -0.3 is 10.5 Å². The van der Waals surface area contributed by atoms with Gasteiger partial charge in [-0.25, -0.2) is 4.79 Å². The van der Waals surface area contributed by atoms with Crippen molar-refractivity contribution in [2.45, 2.75) is 6.61 Å². The van der Waals surface area contributed by atoms with Crippen LogP contribution in [0.1, 0.15) is 5.56 Å². The Balaban J connectivity index is 0.000000182. The first-order valence-electron chi connectivity index (χ1n) is 6.47. The molecule has 0 aliphatic carbocycles. The normalized spacial score (nSPS) is 9.74. The Kier molecular flexibility index (Phi) is 5.18. The van der Waals surface area contributed by atoms with Gasteiger partial charge >= 0.3 is 6.09 Å². The molecule has 3 rings (SSSR count). The van der Waals surface area contributed by atoms with E-state index in [4.69, 9.17) is 5.73 Å². The molecule has 118 valence electrons. The first-order valence-corrected chi connectivity index (χ1v) is 6.47. The summed E-state index contributed by atoms with van der Waals surface area (Å²) in [4.78, 5) is 20.0. The molecule has 3 N–H and O–H groups in total. The van der Waals surface area contributed by atoms with E-state index >= 15 is 0 Å². The van der Waals surface area contributed by atoms with E-state index < -0.39 is 11.0 Å². The number of nitro benzene ring substituents is 1. The van der Waals surface area contributed by atoms with E-state index in [1.54, 1.807) is 0 Å². The third-order valence-electron chi connectivity index (χ3n) is 2.76. The van der Waals surface area contributed by atoms with Gasteiger partial charge in [-0.3, -0.25) is 15.2 Å². The maximum atomic E-state index is 10.3. The molecule has 2 aromatic carbocycles. The number of aromatic nitrogens is 3. The molecule has 23 heavy (non-hydrogen) atoms. The minimum absolute atomic E-state index is 0.00664. The number of carbonyl (C=O) groups is 1. The Hall–Kier alpha value is -3.49. The quantitative estimate of drug-likeness (QED) is 0.561. The SMILES string of the molecule is NC(=O)OCc1ccc([N+](=O)[O-])cc1.c1ccc2[nH]nnc2c1. The van der Waals surface area contributed by atoms with Crippen LogP contribution in [0.15, 0.2) is 48.5 Å². The van der Waals surface area contributed by atoms with Gasteiger partial charge in [0, 0.05) is 12.1 Å². The van der Waals surface area contributed by atoms with Crippen molar-refractivity contribution >= 4 is 22.8 Å². The Morgan fingerprint density at radius 1 is 1.22 bits per heavy atom. The van der Waals surface area contributed by atoms with E-state index in [-0.39, 0.29) is 12.3 Å². The summed E-state index contributed by atoms with van der Waals surface area (Å²) < 4.78 is 4.50. The predicted octanol–water partition coefficient (Wildman–Crippen LogP) is 2.15. The van der Waals surface area contributed by atoms with Crippen LogP contribution in [0, 0.1) is 10.1 Å². The van der Waals surface area contributed by atoms with Crippen LogP contribution in [0.3, 0.4) is 0 Å². The number of carbonyl (C=O) groups excluding carboxylic acids is 1. The zero-order valence-electron chi connectivity index (χ0n) is 11.9. The molecule has 9 heteroatoms. The number of hydrogen-bond donors (Lipinski definition) is 2. The average Bonchev–Trinajstić information content (AvgIpc) is 3.02. The van der Waals surface area contributed by atoms with Crippen molar-refractivity contribution in [2.24, 2.45) is 5.73 Å². The first kappa shape index (κ1) is 15.9. The van der Waals surface area contributed by atoms with Gasteiger partial charge in [0.15, 0.2) is 0 Å². The Morgan fingerprint density at radius 2 is 1.91 bits per heavy atom. The van der Waals surface area contributed by atoms with Gasteiger partial charge in [0.25, 0.3) is 5.69 Å². The molecule has 1 heterocycles. The summed E-state index contributed by atoms with van der Waals surface area (Å²) in [5.74, 6) is 0. The van der Waals surface area contributed by atoms with Crippen LogP contribution in [0.5, 0.6) is 0 Å². The number of hydrogen-bond acceptors (Lipinski definition) is 6. The van der Waals surface area contributed by atoms with Crippen LogP contribution in [-0.2, 0) is 11.3 Å². The van der Waals surface area contributed by atoms with Crippen LogP contribution in [0.25, 0.3) is 11.0 Å². The molecular formula is C14H13N5O4. The molecule has 0 atom stereocenters. The van der Waals surface area contributed by atoms with Gasteiger partial charge in [-0.2, -0.15) is 0 Å². The molecular weight excluding hydrogens is 302 g/mol. The average molecular weight is 315 g/mol. The molecule has 1 aromatic heterocycles. The van der Waals surface area contributed by atoms with Crippen LogP contribution in [0.4, 0.5) is 10.5 Å². The van der Waals surface area contributed by atoms with Crippen molar-refractivity contribution < 1.29 is 14.5 Å². The highest BCUT2D eigenvalue weighted by Gasteiger charge is 2.04. The fourth-order valence-corrected chi connectivity index (χ4v) is 1.66. The van der Waals surface area contributed by atoms with Crippen molar-refractivity contribution in [3.05, 3.63) is 64.2 Å². The number of nitrogens with zero attached hydrogens (tertiary/aromatic N) is 3. The summed E-state index contributed by atoms with van der Waals surface area (Å²) in [7, 11) is 0. The minimum atomic E-state index is -0.872. The number of H-pyrrole nitrogens is 1. The second kappa shape index (κ2) is 7.50. The molecule has 0 fully saturated rings. The molecule has 0 unspecified atom stereocenters. The van der Waals surface area contributed by atoms with Gasteiger partial charge in [0.05, 0.1) is 10.4 Å². The number of nitro groups is 1. The molecule has 9 nitrogen and oxygen atoms in total. The highest BCUT2D eigenvalue weighted by atomic mass is 16.6. The predicted molar refractivity (Wildman–Crippen MR) is 81.4 cm³/mol. The Labute approximate surface area is 130 Å². The monoisotopic (exact) mass is 315 g/mol. The van der Waals surface area contributed by atoms with E-state index in [1.165, 1.54) is 24.3 Å². The van der Waals surface area contributed by atoms with E-state index in [2.05, 4.69) is 20.1 Å². The van der Waals surface area contributed by atoms with Crippen molar-refractivity contribution in [3.8, 4) is 0 Å². The van der Waals surface area contributed by atoms with E-state index in [0.29, 0.717) is 5.56 Å². The lowest BCUT2D eigenvalue weighted by molar-refractivity contribution is -0.384. The van der Waals surface area contributed by atoms with Gasteiger partial charge in [0.1, 0.15) is 12.1 Å². The summed E-state index contributed by atoms with van der Waals surface area (Å²) in [6.07, 6.45) is -0.872. The second-order valence-corrected chi connectivity index (χ2v) is 4.36. The molecule has 0 saturated heterocycles. The van der Waals surface area contributed by atoms with Gasteiger partial charge in [-0.15, -0.1) is 5.10 Å². The number of primary amides is 1. The number of fused-ring (bicyclic) bond motifs is 1. The molecule has 3 aromatic rings. The number of nitrogens with one attached hydrogen (secondary N) is 1. The number of non-ortho nitro benzene ring substituents is 1. The number of para-hydroxylation sites is 1. The summed E-state index contributed by atoms with van der Waals surface area (Å²) in [5.41, 5.74) is 7.29. The topological polar surface area (TPSA) is 137 Å². The van der Waals surface area contributed by atoms with Gasteiger partial charge in [0.2, 0.25) is 0 Å². The summed E-state index contributed by atoms with van der Waals surface area (Å²) >= 11 is 0. The number of ether oxygens (including phenoxy) is 1. The number of rotatable bonds is 3. The van der Waals surface area contributed by atoms with Crippen LogP contribution in [0.2, 0.25) is 0 Å². The lowest BCUT2D eigenvalue weighted by atomic mass is 10.2. The fourth-order valence-electron chi connectivity index (χ4n) is 1.66. The zero-order chi connectivity index (χ0) is 16.7. The molecule has 0 saturated carbocycles. The largest absolute Gasteiger partial charge is 0.445 e. The van der Waals surface area contributed by atoms with Crippen LogP contribution < -0.4 is 5.73 Å². The Morgan fingerprint density at radius 3 is 2.52 bits per heavy atom. The number of benzene rings is 2.